The van der Waals surface area contributed by atoms with Crippen LogP contribution in [0.25, 0.3) is 0 Å². The molecule has 0 saturated carbocycles. The van der Waals surface area contributed by atoms with Gasteiger partial charge in [0.2, 0.25) is 0 Å². The minimum atomic E-state index is 0.934. The van der Waals surface area contributed by atoms with Gasteiger partial charge in [0, 0.05) is 0 Å². The largest absolute Gasteiger partial charge is 0.0651 e. The number of benzene rings is 1. The average Bonchev–Trinajstić information content (AvgIpc) is 2.38. The van der Waals surface area contributed by atoms with Crippen molar-refractivity contribution in [2.45, 2.75) is 39.0 Å². The third-order valence-electron chi connectivity index (χ3n) is 3.26. The van der Waals surface area contributed by atoms with E-state index < -0.39 is 0 Å². The SMILES string of the molecule is CCC1CCCc2ccccc2C1. The van der Waals surface area contributed by atoms with Crippen molar-refractivity contribution in [2.24, 2.45) is 5.92 Å². The third kappa shape index (κ3) is 1.93. The van der Waals surface area contributed by atoms with E-state index in [1.807, 2.05) is 0 Å². The van der Waals surface area contributed by atoms with E-state index in [-0.39, 0.29) is 0 Å². The molecule has 0 amide bonds. The lowest BCUT2D eigenvalue weighted by atomic mass is 9.95. The minimum Gasteiger partial charge on any atom is -0.0651 e. The highest BCUT2D eigenvalue weighted by Crippen LogP contribution is 2.25. The Hall–Kier alpha value is -0.780. The van der Waals surface area contributed by atoms with Crippen molar-refractivity contribution in [1.29, 1.82) is 0 Å². The van der Waals surface area contributed by atoms with Crippen LogP contribution in [0.2, 0.25) is 0 Å². The Morgan fingerprint density at radius 3 is 2.77 bits per heavy atom. The van der Waals surface area contributed by atoms with E-state index in [2.05, 4.69) is 31.2 Å². The van der Waals surface area contributed by atoms with Crippen molar-refractivity contribution < 1.29 is 0 Å². The quantitative estimate of drug-likeness (QED) is 0.571. The molecule has 1 aromatic carbocycles. The van der Waals surface area contributed by atoms with E-state index in [4.69, 9.17) is 0 Å². The van der Waals surface area contributed by atoms with Gasteiger partial charge in [-0.1, -0.05) is 37.6 Å². The Kier molecular flexibility index (Phi) is 2.68. The van der Waals surface area contributed by atoms with Crippen molar-refractivity contribution in [3.63, 3.8) is 0 Å². The first-order valence-corrected chi connectivity index (χ1v) is 5.47. The van der Waals surface area contributed by atoms with Crippen LogP contribution in [-0.4, -0.2) is 0 Å². The fraction of sp³-hybridized carbons (Fsp3) is 0.538. The van der Waals surface area contributed by atoms with Crippen LogP contribution in [-0.2, 0) is 12.8 Å². The summed E-state index contributed by atoms with van der Waals surface area (Å²) in [5.74, 6) is 0.934. The van der Waals surface area contributed by atoms with Gasteiger partial charge in [0.05, 0.1) is 0 Å². The first-order chi connectivity index (χ1) is 6.40. The molecule has 0 bridgehead atoms. The maximum atomic E-state index is 2.32. The zero-order valence-corrected chi connectivity index (χ0v) is 8.42. The normalized spacial score (nSPS) is 22.1. The Labute approximate surface area is 81.0 Å². The number of hydrogen-bond acceptors (Lipinski definition) is 0. The van der Waals surface area contributed by atoms with Gasteiger partial charge in [-0.15, -0.1) is 0 Å². The van der Waals surface area contributed by atoms with Crippen molar-refractivity contribution in [3.8, 4) is 0 Å². The van der Waals surface area contributed by atoms with Crippen molar-refractivity contribution in [2.75, 3.05) is 0 Å². The van der Waals surface area contributed by atoms with Crippen LogP contribution in [0.1, 0.15) is 37.3 Å². The average molecular weight is 174 g/mol. The lowest BCUT2D eigenvalue weighted by molar-refractivity contribution is 0.466. The van der Waals surface area contributed by atoms with Gasteiger partial charge >= 0.3 is 0 Å². The second-order valence-electron chi connectivity index (χ2n) is 4.14. The highest BCUT2D eigenvalue weighted by atomic mass is 14.2. The van der Waals surface area contributed by atoms with Crippen LogP contribution in [0.4, 0.5) is 0 Å². The first kappa shape index (κ1) is 8.80. The Balaban J connectivity index is 2.23. The molecule has 1 atom stereocenters. The van der Waals surface area contributed by atoms with E-state index in [0.29, 0.717) is 0 Å². The molecule has 0 saturated heterocycles. The molecule has 0 aromatic heterocycles. The Bertz CT molecular complexity index is 275. The Morgan fingerprint density at radius 1 is 1.23 bits per heavy atom. The first-order valence-electron chi connectivity index (χ1n) is 5.47. The summed E-state index contributed by atoms with van der Waals surface area (Å²) in [5, 5.41) is 0. The zero-order chi connectivity index (χ0) is 9.10. The summed E-state index contributed by atoms with van der Waals surface area (Å²) >= 11 is 0. The van der Waals surface area contributed by atoms with E-state index in [1.54, 1.807) is 11.1 Å². The highest BCUT2D eigenvalue weighted by molar-refractivity contribution is 5.28. The molecule has 2 rings (SSSR count). The molecule has 0 N–H and O–H groups in total. The van der Waals surface area contributed by atoms with Gasteiger partial charge in [-0.05, 0) is 42.7 Å². The molecular formula is C13H18. The molecular weight excluding hydrogens is 156 g/mol. The van der Waals surface area contributed by atoms with Crippen molar-refractivity contribution in [1.82, 2.24) is 0 Å². The monoisotopic (exact) mass is 174 g/mol. The second kappa shape index (κ2) is 3.95. The van der Waals surface area contributed by atoms with Crippen LogP contribution in [0, 0.1) is 5.92 Å². The molecule has 70 valence electrons. The summed E-state index contributed by atoms with van der Waals surface area (Å²) in [6.45, 7) is 2.32. The van der Waals surface area contributed by atoms with Crippen LogP contribution >= 0.6 is 0 Å². The van der Waals surface area contributed by atoms with Gasteiger partial charge in [-0.25, -0.2) is 0 Å². The lowest BCUT2D eigenvalue weighted by Gasteiger charge is -2.11. The molecule has 13 heavy (non-hydrogen) atoms. The van der Waals surface area contributed by atoms with E-state index in [0.717, 1.165) is 5.92 Å². The van der Waals surface area contributed by atoms with Gasteiger partial charge in [0.25, 0.3) is 0 Å². The number of fused-ring (bicyclic) bond motifs is 1. The molecule has 0 spiro atoms. The summed E-state index contributed by atoms with van der Waals surface area (Å²) in [6, 6.07) is 8.96. The van der Waals surface area contributed by atoms with Gasteiger partial charge in [0.15, 0.2) is 0 Å². The van der Waals surface area contributed by atoms with E-state index in [9.17, 15) is 0 Å². The van der Waals surface area contributed by atoms with Crippen molar-refractivity contribution in [3.05, 3.63) is 35.4 Å². The predicted molar refractivity (Wildman–Crippen MR) is 56.9 cm³/mol. The molecule has 0 radical (unpaired) electrons. The number of hydrogen-bond donors (Lipinski definition) is 0. The van der Waals surface area contributed by atoms with E-state index in [1.165, 1.54) is 32.1 Å². The summed E-state index contributed by atoms with van der Waals surface area (Å²) < 4.78 is 0. The molecule has 0 fully saturated rings. The van der Waals surface area contributed by atoms with Gasteiger partial charge in [-0.3, -0.25) is 0 Å². The molecule has 0 heterocycles. The topological polar surface area (TPSA) is 0 Å². The summed E-state index contributed by atoms with van der Waals surface area (Å²) in [5.41, 5.74) is 3.20. The summed E-state index contributed by atoms with van der Waals surface area (Å²) in [6.07, 6.45) is 6.76. The molecule has 0 aliphatic heterocycles. The second-order valence-corrected chi connectivity index (χ2v) is 4.14. The third-order valence-corrected chi connectivity index (χ3v) is 3.26. The molecule has 1 aliphatic carbocycles. The predicted octanol–water partition coefficient (Wildman–Crippen LogP) is 3.59. The fourth-order valence-corrected chi connectivity index (χ4v) is 2.34. The maximum absolute atomic E-state index is 2.32. The molecule has 0 nitrogen and oxygen atoms in total. The van der Waals surface area contributed by atoms with Gasteiger partial charge in [0.1, 0.15) is 0 Å². The highest BCUT2D eigenvalue weighted by Gasteiger charge is 2.14. The van der Waals surface area contributed by atoms with E-state index >= 15 is 0 Å². The number of aryl methyl sites for hydroxylation is 1. The maximum Gasteiger partial charge on any atom is -0.0248 e. The fourth-order valence-electron chi connectivity index (χ4n) is 2.34. The van der Waals surface area contributed by atoms with Crippen LogP contribution in [0.3, 0.4) is 0 Å². The molecule has 1 aliphatic rings. The molecule has 1 aromatic rings. The summed E-state index contributed by atoms with van der Waals surface area (Å²) in [7, 11) is 0. The van der Waals surface area contributed by atoms with Gasteiger partial charge < -0.3 is 0 Å². The molecule has 1 unspecified atom stereocenters. The summed E-state index contributed by atoms with van der Waals surface area (Å²) in [4.78, 5) is 0. The molecule has 0 heteroatoms. The van der Waals surface area contributed by atoms with Crippen LogP contribution in [0.5, 0.6) is 0 Å². The van der Waals surface area contributed by atoms with Gasteiger partial charge in [-0.2, -0.15) is 0 Å². The zero-order valence-electron chi connectivity index (χ0n) is 8.42. The Morgan fingerprint density at radius 2 is 2.00 bits per heavy atom. The van der Waals surface area contributed by atoms with Crippen LogP contribution < -0.4 is 0 Å². The minimum absolute atomic E-state index is 0.934. The lowest BCUT2D eigenvalue weighted by Crippen LogP contribution is -2.00. The standard InChI is InChI=1S/C13H18/c1-2-11-6-5-9-12-7-3-4-8-13(12)10-11/h3-4,7-8,11H,2,5-6,9-10H2,1H3. The van der Waals surface area contributed by atoms with Crippen molar-refractivity contribution >= 4 is 0 Å². The number of rotatable bonds is 1. The smallest absolute Gasteiger partial charge is 0.0248 e. The van der Waals surface area contributed by atoms with Crippen LogP contribution in [0.15, 0.2) is 24.3 Å².